The number of carbonyl (C=O) groups is 3. The predicted molar refractivity (Wildman–Crippen MR) is 358 cm³/mol. The van der Waals surface area contributed by atoms with E-state index in [0.717, 1.165) is 16.7 Å². The Balaban J connectivity index is 0.00000131. The molecule has 0 saturated carbocycles. The Labute approximate surface area is 554 Å². The van der Waals surface area contributed by atoms with Gasteiger partial charge in [-0.1, -0.05) is 42.3 Å². The van der Waals surface area contributed by atoms with Crippen LogP contribution in [-0.2, 0) is 48.3 Å². The minimum atomic E-state index is -0.596. The second-order valence-electron chi connectivity index (χ2n) is 22.6. The number of phenols is 6. The van der Waals surface area contributed by atoms with E-state index < -0.39 is 35.1 Å². The van der Waals surface area contributed by atoms with E-state index in [1.165, 1.54) is 36.8 Å². The van der Waals surface area contributed by atoms with Gasteiger partial charge in [0.15, 0.2) is 0 Å². The van der Waals surface area contributed by atoms with E-state index in [1.807, 2.05) is 57.2 Å². The molecule has 0 saturated heterocycles. The summed E-state index contributed by atoms with van der Waals surface area (Å²) in [4.78, 5) is 61.1. The molecule has 0 bridgehead atoms. The number of amides is 3. The minimum absolute atomic E-state index is 0. The number of ether oxygens (including phenoxy) is 3. The van der Waals surface area contributed by atoms with Gasteiger partial charge in [0.2, 0.25) is 0 Å². The van der Waals surface area contributed by atoms with Crippen LogP contribution < -0.4 is 16.0 Å². The number of nitrogens with one attached hydrogen (secondary N) is 3. The summed E-state index contributed by atoms with van der Waals surface area (Å²) in [5.74, 6) is 0.705. The fourth-order valence-corrected chi connectivity index (χ4v) is 7.13. The number of phenolic OH excluding ortho intramolecular Hbond substituents is 6. The van der Waals surface area contributed by atoms with Crippen LogP contribution in [-0.4, -0.2) is 148 Å². The zero-order valence-corrected chi connectivity index (χ0v) is 54.8. The molecule has 0 aliphatic rings. The third-order valence-electron chi connectivity index (χ3n) is 11.0. The average Bonchev–Trinajstić information content (AvgIpc) is 3.62. The van der Waals surface area contributed by atoms with Crippen LogP contribution in [0.25, 0.3) is 0 Å². The summed E-state index contributed by atoms with van der Waals surface area (Å²) in [6.07, 6.45) is 7.70. The Morgan fingerprint density at radius 1 is 0.352 bits per heavy atom. The molecule has 6 aromatic carbocycles. The van der Waals surface area contributed by atoms with Gasteiger partial charge in [0.25, 0.3) is 0 Å². The minimum Gasteiger partial charge on any atom is -0.507 e. The van der Waals surface area contributed by atoms with Crippen molar-refractivity contribution in [3.05, 3.63) is 159 Å². The van der Waals surface area contributed by atoms with Gasteiger partial charge in [0.1, 0.15) is 51.3 Å². The topological polar surface area (TPSA) is 342 Å². The van der Waals surface area contributed by atoms with Crippen molar-refractivity contribution in [1.29, 1.82) is 0 Å². The Hall–Kier alpha value is -9.05. The van der Waals surface area contributed by atoms with Gasteiger partial charge in [-0.25, -0.2) is 14.4 Å². The molecule has 11 N–H and O–H groups in total. The molecule has 494 valence electrons. The largest absolute Gasteiger partial charge is 0.507 e. The second kappa shape index (κ2) is 39.8. The van der Waals surface area contributed by atoms with Crippen LogP contribution in [0.2, 0.25) is 0 Å². The first-order chi connectivity index (χ1) is 40.9. The number of aryl methyl sites for hydroxylation is 3. The van der Waals surface area contributed by atoms with Crippen LogP contribution in [0.5, 0.6) is 34.5 Å². The van der Waals surface area contributed by atoms with Gasteiger partial charge in [0.05, 0.1) is 39.3 Å². The van der Waals surface area contributed by atoms with Gasteiger partial charge in [0, 0.05) is 122 Å². The zero-order chi connectivity index (χ0) is 64.3. The van der Waals surface area contributed by atoms with E-state index in [-0.39, 0.29) is 81.5 Å². The fourth-order valence-electron chi connectivity index (χ4n) is 7.13. The summed E-state index contributed by atoms with van der Waals surface area (Å²) in [7, 11) is 0. The van der Waals surface area contributed by atoms with Gasteiger partial charge in [-0.05, 0) is 174 Å². The number of rotatable bonds is 18. The van der Waals surface area contributed by atoms with Gasteiger partial charge < -0.3 is 50.3 Å². The van der Waals surface area contributed by atoms with Crippen molar-refractivity contribution in [2.45, 2.75) is 107 Å². The Bertz CT molecular complexity index is 3120. The van der Waals surface area contributed by atoms with E-state index >= 15 is 0 Å². The van der Waals surface area contributed by atoms with E-state index in [4.69, 9.17) is 14.2 Å². The number of anilines is 3. The number of carbonyl (C=O) groups excluding carboxylic acids is 3. The van der Waals surface area contributed by atoms with Crippen LogP contribution >= 0.6 is 0 Å². The van der Waals surface area contributed by atoms with Crippen molar-refractivity contribution in [1.82, 2.24) is 0 Å². The standard InChI is InChI=1S/3C22H27N3O4.CH4.2Fe.H2O/c3*1-15-5-7-19(26)16(11-15)13-23-9-10-24-14-17-12-18(6-8-20(17)27)25-21(28)29-22(2,3)4;;;;/h3*5-8,11-14,26-27H,9-10H2,1-4H3,(H,25,28);1H4;;;1H2. The molecule has 0 spiro atoms. The molecule has 0 heterocycles. The van der Waals surface area contributed by atoms with Gasteiger partial charge in [-0.2, -0.15) is 0 Å². The quantitative estimate of drug-likeness (QED) is 0.0127. The first kappa shape index (κ1) is 81.9. The molecule has 0 aromatic heterocycles. The van der Waals surface area contributed by atoms with Crippen molar-refractivity contribution in [2.75, 3.05) is 55.2 Å². The Morgan fingerprint density at radius 2 is 0.527 bits per heavy atom. The van der Waals surface area contributed by atoms with Crippen molar-refractivity contribution in [3.63, 3.8) is 0 Å². The summed E-state index contributed by atoms with van der Waals surface area (Å²) in [6, 6.07) is 29.9. The third kappa shape index (κ3) is 33.4. The molecule has 22 nitrogen and oxygen atoms in total. The molecule has 0 radical (unpaired) electrons. The molecule has 0 atom stereocenters. The van der Waals surface area contributed by atoms with Crippen LogP contribution in [0.15, 0.2) is 139 Å². The number of benzene rings is 6. The summed E-state index contributed by atoms with van der Waals surface area (Å²) in [5.41, 5.74) is 6.20. The normalized spacial score (nSPS) is 11.3. The molecule has 6 rings (SSSR count). The van der Waals surface area contributed by atoms with Gasteiger partial charge >= 0.3 is 18.3 Å². The maximum atomic E-state index is 11.9. The third-order valence-corrected chi connectivity index (χ3v) is 11.0. The molecular weight excluding hydrogens is 1250 g/mol. The molecule has 0 aliphatic heterocycles. The molecule has 0 unspecified atom stereocenters. The zero-order valence-electron chi connectivity index (χ0n) is 52.6. The molecule has 6 aromatic rings. The molecule has 91 heavy (non-hydrogen) atoms. The van der Waals surface area contributed by atoms with Crippen LogP contribution in [0.1, 0.15) is 120 Å². The van der Waals surface area contributed by atoms with Crippen molar-refractivity contribution < 1.29 is 98.8 Å². The predicted octanol–water partition coefficient (Wildman–Crippen LogP) is 12.7. The summed E-state index contributed by atoms with van der Waals surface area (Å²) < 4.78 is 15.6. The van der Waals surface area contributed by atoms with Crippen LogP contribution in [0.4, 0.5) is 31.4 Å². The van der Waals surface area contributed by atoms with E-state index in [9.17, 15) is 45.0 Å². The smallest absolute Gasteiger partial charge is 0.412 e. The van der Waals surface area contributed by atoms with Crippen LogP contribution in [0, 0.1) is 20.8 Å². The SMILES string of the molecule is C.Cc1ccc(O)c(C=NCCN=Cc2cc(NC(=O)OC(C)(C)C)ccc2O)c1.Cc1ccc(O)c(C=NCCN=Cc2cc(NC(=O)OC(C)(C)C)ccc2O)c1.Cc1ccc(O)c(C=NCCN=Cc2cc(NC(=O)OC(C)(C)C)ccc2O)c1.O.[Fe].[Fe]. The average molecular weight is 1340 g/mol. The monoisotopic (exact) mass is 1340 g/mol. The first-order valence-corrected chi connectivity index (χ1v) is 27.8. The number of hydrogen-bond acceptors (Lipinski definition) is 18. The van der Waals surface area contributed by atoms with Crippen molar-refractivity contribution >= 4 is 72.6 Å². The van der Waals surface area contributed by atoms with Crippen molar-refractivity contribution in [2.24, 2.45) is 30.0 Å². The van der Waals surface area contributed by atoms with E-state index in [0.29, 0.717) is 89.7 Å². The summed E-state index contributed by atoms with van der Waals surface area (Å²) in [6.45, 7) is 24.4. The van der Waals surface area contributed by atoms with Crippen molar-refractivity contribution in [3.8, 4) is 34.5 Å². The summed E-state index contributed by atoms with van der Waals surface area (Å²) in [5, 5.41) is 67.1. The second-order valence-corrected chi connectivity index (χ2v) is 22.6. The summed E-state index contributed by atoms with van der Waals surface area (Å²) >= 11 is 0. The molecular formula is C67H87Fe2N9O13. The number of aromatic hydroxyl groups is 6. The first-order valence-electron chi connectivity index (χ1n) is 27.8. The van der Waals surface area contributed by atoms with Gasteiger partial charge in [-0.15, -0.1) is 0 Å². The molecule has 0 fully saturated rings. The number of hydrogen-bond donors (Lipinski definition) is 9. The molecule has 24 heteroatoms. The number of aliphatic imine (C=N–C) groups is 6. The Morgan fingerprint density at radius 3 is 0.714 bits per heavy atom. The maximum absolute atomic E-state index is 11.9. The Kier molecular flexibility index (Phi) is 35.9. The van der Waals surface area contributed by atoms with Crippen LogP contribution in [0.3, 0.4) is 0 Å². The maximum Gasteiger partial charge on any atom is 0.412 e. The molecule has 3 amide bonds. The van der Waals surface area contributed by atoms with E-state index in [2.05, 4.69) is 45.9 Å². The van der Waals surface area contributed by atoms with Gasteiger partial charge in [-0.3, -0.25) is 45.9 Å². The molecule has 0 aliphatic carbocycles. The number of nitrogens with zero attached hydrogens (tertiary/aromatic N) is 6. The van der Waals surface area contributed by atoms with E-state index in [1.54, 1.807) is 136 Å². The fraction of sp³-hybridized carbons (Fsp3) is 0.328.